The maximum absolute atomic E-state index is 3.70. The van der Waals surface area contributed by atoms with E-state index in [1.807, 2.05) is 12.2 Å². The summed E-state index contributed by atoms with van der Waals surface area (Å²) in [6.07, 6.45) is 7.10. The molecule has 72 valence electrons. The van der Waals surface area contributed by atoms with Crippen molar-refractivity contribution in [1.82, 2.24) is 0 Å². The fourth-order valence-electron chi connectivity index (χ4n) is 1.94. The lowest BCUT2D eigenvalue weighted by Gasteiger charge is -2.07. The number of fused-ring (bicyclic) bond motifs is 1. The Labute approximate surface area is 85.2 Å². The minimum Gasteiger partial charge on any atom is -0.384 e. The van der Waals surface area contributed by atoms with Crippen LogP contribution in [0.15, 0.2) is 30.9 Å². The van der Waals surface area contributed by atoms with E-state index < -0.39 is 0 Å². The van der Waals surface area contributed by atoms with Gasteiger partial charge in [0, 0.05) is 12.2 Å². The quantitative estimate of drug-likeness (QED) is 0.698. The molecule has 0 fully saturated rings. The van der Waals surface area contributed by atoms with Crippen molar-refractivity contribution >= 4 is 11.8 Å². The summed E-state index contributed by atoms with van der Waals surface area (Å²) in [6, 6.07) is 4.34. The molecule has 1 heteroatoms. The van der Waals surface area contributed by atoms with Crippen LogP contribution in [0.3, 0.4) is 0 Å². The minimum atomic E-state index is 1.06. The number of nitrogens with one attached hydrogen (secondary N) is 1. The van der Waals surface area contributed by atoms with Crippen LogP contribution < -0.4 is 5.32 Å². The van der Waals surface area contributed by atoms with Crippen LogP contribution in [-0.2, 0) is 6.42 Å². The van der Waals surface area contributed by atoms with Crippen molar-refractivity contribution in [2.24, 2.45) is 0 Å². The molecule has 1 heterocycles. The first-order valence-electron chi connectivity index (χ1n) is 4.98. The predicted molar refractivity (Wildman–Crippen MR) is 62.6 cm³/mol. The predicted octanol–water partition coefficient (Wildman–Crippen LogP) is 3.16. The van der Waals surface area contributed by atoms with E-state index in [0.717, 1.165) is 13.0 Å². The van der Waals surface area contributed by atoms with E-state index >= 15 is 0 Å². The van der Waals surface area contributed by atoms with Gasteiger partial charge in [0.25, 0.3) is 0 Å². The lowest BCUT2D eigenvalue weighted by molar-refractivity contribution is 1.10. The molecule has 0 bridgehead atoms. The van der Waals surface area contributed by atoms with E-state index in [1.54, 1.807) is 0 Å². The van der Waals surface area contributed by atoms with E-state index in [2.05, 4.69) is 37.0 Å². The summed E-state index contributed by atoms with van der Waals surface area (Å²) < 4.78 is 0. The van der Waals surface area contributed by atoms with Gasteiger partial charge in [-0.1, -0.05) is 30.9 Å². The molecule has 1 N–H and O–H groups in total. The van der Waals surface area contributed by atoms with Crippen LogP contribution in [-0.4, -0.2) is 6.54 Å². The van der Waals surface area contributed by atoms with Crippen LogP contribution >= 0.6 is 0 Å². The normalized spacial score (nSPS) is 14.1. The Kier molecular flexibility index (Phi) is 2.40. The molecule has 0 amide bonds. The van der Waals surface area contributed by atoms with Gasteiger partial charge in [0.2, 0.25) is 0 Å². The van der Waals surface area contributed by atoms with Crippen LogP contribution in [0.1, 0.15) is 16.7 Å². The van der Waals surface area contributed by atoms with E-state index in [-0.39, 0.29) is 0 Å². The summed E-state index contributed by atoms with van der Waals surface area (Å²) >= 11 is 0. The molecule has 0 unspecified atom stereocenters. The first-order valence-corrected chi connectivity index (χ1v) is 4.98. The molecular formula is C13H15N. The van der Waals surface area contributed by atoms with Gasteiger partial charge in [-0.15, -0.1) is 0 Å². The van der Waals surface area contributed by atoms with E-state index in [1.165, 1.54) is 22.4 Å². The summed E-state index contributed by atoms with van der Waals surface area (Å²) in [4.78, 5) is 0. The minimum absolute atomic E-state index is 1.06. The summed E-state index contributed by atoms with van der Waals surface area (Å²) in [5.41, 5.74) is 5.43. The second-order valence-electron chi connectivity index (χ2n) is 3.59. The highest BCUT2D eigenvalue weighted by Crippen LogP contribution is 2.28. The second kappa shape index (κ2) is 3.70. The van der Waals surface area contributed by atoms with E-state index in [4.69, 9.17) is 0 Å². The monoisotopic (exact) mass is 185 g/mol. The lowest BCUT2D eigenvalue weighted by atomic mass is 9.99. The molecule has 1 aromatic carbocycles. The highest BCUT2D eigenvalue weighted by atomic mass is 14.9. The van der Waals surface area contributed by atoms with Crippen molar-refractivity contribution in [3.05, 3.63) is 47.6 Å². The summed E-state index contributed by atoms with van der Waals surface area (Å²) in [7, 11) is 0. The van der Waals surface area contributed by atoms with Crippen molar-refractivity contribution in [1.29, 1.82) is 0 Å². The van der Waals surface area contributed by atoms with Gasteiger partial charge in [0.05, 0.1) is 0 Å². The van der Waals surface area contributed by atoms with Gasteiger partial charge in [0.1, 0.15) is 0 Å². The topological polar surface area (TPSA) is 12.0 Å². The van der Waals surface area contributed by atoms with Crippen LogP contribution in [0.2, 0.25) is 0 Å². The largest absolute Gasteiger partial charge is 0.384 e. The molecule has 0 atom stereocenters. The summed E-state index contributed by atoms with van der Waals surface area (Å²) in [5, 5.41) is 3.38. The number of benzene rings is 1. The number of hydrogen-bond acceptors (Lipinski definition) is 1. The van der Waals surface area contributed by atoms with Gasteiger partial charge in [-0.2, -0.15) is 0 Å². The standard InChI is InChI=1S/C13H15N/c1-3-4-5-11-10(2)6-7-13-12(11)8-9-14-13/h3-7,14H,1,8-9H2,2H3/b5-4-. The van der Waals surface area contributed by atoms with Crippen molar-refractivity contribution in [3.63, 3.8) is 0 Å². The zero-order valence-corrected chi connectivity index (χ0v) is 8.51. The second-order valence-corrected chi connectivity index (χ2v) is 3.59. The van der Waals surface area contributed by atoms with Crippen molar-refractivity contribution in [2.45, 2.75) is 13.3 Å². The Morgan fingerprint density at radius 3 is 3.07 bits per heavy atom. The molecule has 1 aliphatic rings. The molecule has 0 aromatic heterocycles. The molecule has 0 radical (unpaired) electrons. The Bertz CT molecular complexity index is 388. The number of aryl methyl sites for hydroxylation is 1. The molecular weight excluding hydrogens is 170 g/mol. The smallest absolute Gasteiger partial charge is 0.0379 e. The van der Waals surface area contributed by atoms with Gasteiger partial charge in [-0.3, -0.25) is 0 Å². The van der Waals surface area contributed by atoms with Gasteiger partial charge in [0.15, 0.2) is 0 Å². The third kappa shape index (κ3) is 1.46. The molecule has 2 rings (SSSR count). The maximum atomic E-state index is 3.70. The summed E-state index contributed by atoms with van der Waals surface area (Å²) in [6.45, 7) is 6.91. The van der Waals surface area contributed by atoms with E-state index in [0.29, 0.717) is 0 Å². The van der Waals surface area contributed by atoms with Crippen LogP contribution in [0.25, 0.3) is 6.08 Å². The Morgan fingerprint density at radius 1 is 1.43 bits per heavy atom. The molecule has 0 saturated carbocycles. The Balaban J connectivity index is 2.51. The highest BCUT2D eigenvalue weighted by Gasteiger charge is 2.13. The van der Waals surface area contributed by atoms with Gasteiger partial charge in [-0.05, 0) is 36.1 Å². The molecule has 0 spiro atoms. The lowest BCUT2D eigenvalue weighted by Crippen LogP contribution is -1.90. The Morgan fingerprint density at radius 2 is 2.29 bits per heavy atom. The molecule has 0 aliphatic carbocycles. The van der Waals surface area contributed by atoms with Crippen LogP contribution in [0.5, 0.6) is 0 Å². The average Bonchev–Trinajstić information content (AvgIpc) is 2.64. The SMILES string of the molecule is C=C/C=C\c1c(C)ccc2c1CCN2. The number of rotatable bonds is 2. The molecule has 14 heavy (non-hydrogen) atoms. The van der Waals surface area contributed by atoms with Gasteiger partial charge >= 0.3 is 0 Å². The molecule has 1 nitrogen and oxygen atoms in total. The van der Waals surface area contributed by atoms with Gasteiger partial charge in [-0.25, -0.2) is 0 Å². The molecule has 1 aromatic rings. The highest BCUT2D eigenvalue weighted by molar-refractivity contribution is 5.70. The fraction of sp³-hybridized carbons (Fsp3) is 0.231. The van der Waals surface area contributed by atoms with Crippen LogP contribution in [0, 0.1) is 6.92 Å². The Hall–Kier alpha value is -1.50. The van der Waals surface area contributed by atoms with Crippen molar-refractivity contribution < 1.29 is 0 Å². The fourth-order valence-corrected chi connectivity index (χ4v) is 1.94. The number of anilines is 1. The third-order valence-corrected chi connectivity index (χ3v) is 2.66. The van der Waals surface area contributed by atoms with Crippen LogP contribution in [0.4, 0.5) is 5.69 Å². The first kappa shape index (κ1) is 9.07. The summed E-state index contributed by atoms with van der Waals surface area (Å²) in [5.74, 6) is 0. The molecule has 1 aliphatic heterocycles. The zero-order valence-electron chi connectivity index (χ0n) is 8.51. The van der Waals surface area contributed by atoms with Crippen molar-refractivity contribution in [2.75, 3.05) is 11.9 Å². The van der Waals surface area contributed by atoms with Crippen molar-refractivity contribution in [3.8, 4) is 0 Å². The maximum Gasteiger partial charge on any atom is 0.0379 e. The van der Waals surface area contributed by atoms with Gasteiger partial charge < -0.3 is 5.32 Å². The number of hydrogen-bond donors (Lipinski definition) is 1. The van der Waals surface area contributed by atoms with E-state index in [9.17, 15) is 0 Å². The first-order chi connectivity index (χ1) is 6.83. The third-order valence-electron chi connectivity index (χ3n) is 2.66. The molecule has 0 saturated heterocycles. The number of allylic oxidation sites excluding steroid dienone is 2. The average molecular weight is 185 g/mol. The zero-order chi connectivity index (χ0) is 9.97.